The Labute approximate surface area is 39.7 Å². The lowest BCUT2D eigenvalue weighted by Gasteiger charge is -2.16. The molecular formula is C3H10FNS. The molecule has 0 aromatic rings. The van der Waals surface area contributed by atoms with Crippen molar-refractivity contribution in [1.29, 1.82) is 0 Å². The lowest BCUT2D eigenvalue weighted by Crippen LogP contribution is -2.06. The number of halogens is 1. The highest BCUT2D eigenvalue weighted by Gasteiger charge is 2.00. The summed E-state index contributed by atoms with van der Waals surface area (Å²) in [5, 5.41) is 0. The molecule has 6 heavy (non-hydrogen) atoms. The maximum atomic E-state index is 12.1. The first-order valence-corrected chi connectivity index (χ1v) is 4.02. The highest BCUT2D eigenvalue weighted by Crippen LogP contribution is 2.34. The molecule has 0 amide bonds. The maximum Gasteiger partial charge on any atom is 0.00439 e. The quantitative estimate of drug-likeness (QED) is 0.533. The summed E-state index contributed by atoms with van der Waals surface area (Å²) < 4.78 is 14.6. The average molecular weight is 111 g/mol. The van der Waals surface area contributed by atoms with Gasteiger partial charge in [0.1, 0.15) is 0 Å². The number of hydrogen-bond donors (Lipinski definition) is 1. The van der Waals surface area contributed by atoms with E-state index in [-0.39, 0.29) is 0 Å². The minimum atomic E-state index is -1.91. The molecule has 0 aliphatic heterocycles. The van der Waals surface area contributed by atoms with Gasteiger partial charge in [0.15, 0.2) is 0 Å². The SMILES string of the molecule is CNS(C)(C)F. The molecule has 0 rings (SSSR count). The fraction of sp³-hybridized carbons (Fsp3) is 1.00. The van der Waals surface area contributed by atoms with Crippen LogP contribution in [-0.2, 0) is 0 Å². The first kappa shape index (κ1) is 6.24. The minimum absolute atomic E-state index is 1.55. The normalized spacial score (nSPS) is 14.7. The summed E-state index contributed by atoms with van der Waals surface area (Å²) >= 11 is 0. The molecule has 0 aromatic heterocycles. The van der Waals surface area contributed by atoms with Crippen molar-refractivity contribution in [3.8, 4) is 0 Å². The average Bonchev–Trinajstić information content (AvgIpc) is 1.35. The summed E-state index contributed by atoms with van der Waals surface area (Å²) in [7, 11) is -0.292. The minimum Gasteiger partial charge on any atom is -0.260 e. The molecular weight excluding hydrogens is 101 g/mol. The van der Waals surface area contributed by atoms with E-state index in [0.717, 1.165) is 0 Å². The van der Waals surface area contributed by atoms with Crippen LogP contribution in [0.25, 0.3) is 0 Å². The van der Waals surface area contributed by atoms with Crippen LogP contribution in [0.3, 0.4) is 0 Å². The van der Waals surface area contributed by atoms with Crippen molar-refractivity contribution in [2.24, 2.45) is 0 Å². The smallest absolute Gasteiger partial charge is 0.00439 e. The van der Waals surface area contributed by atoms with Crippen LogP contribution in [0.1, 0.15) is 0 Å². The third-order valence-corrected chi connectivity index (χ3v) is 1.46. The molecule has 1 N–H and O–H groups in total. The number of nitrogens with one attached hydrogen (secondary N) is 1. The summed E-state index contributed by atoms with van der Waals surface area (Å²) in [6.07, 6.45) is 3.10. The van der Waals surface area contributed by atoms with Crippen molar-refractivity contribution >= 4 is 10.6 Å². The molecule has 0 saturated carbocycles. The molecule has 0 unspecified atom stereocenters. The second kappa shape index (κ2) is 1.80. The highest BCUT2D eigenvalue weighted by molar-refractivity contribution is 8.26. The van der Waals surface area contributed by atoms with Gasteiger partial charge in [-0.1, -0.05) is 0 Å². The van der Waals surface area contributed by atoms with Crippen LogP contribution >= 0.6 is 10.6 Å². The van der Waals surface area contributed by atoms with Crippen LogP contribution in [0.5, 0.6) is 0 Å². The second-order valence-electron chi connectivity index (χ2n) is 1.41. The van der Waals surface area contributed by atoms with Gasteiger partial charge in [0.05, 0.1) is 0 Å². The van der Waals surface area contributed by atoms with Crippen molar-refractivity contribution in [1.82, 2.24) is 4.72 Å². The van der Waals surface area contributed by atoms with Gasteiger partial charge in [0.2, 0.25) is 0 Å². The van der Waals surface area contributed by atoms with E-state index in [1.807, 2.05) is 0 Å². The van der Waals surface area contributed by atoms with E-state index in [1.54, 1.807) is 19.6 Å². The van der Waals surface area contributed by atoms with Gasteiger partial charge in [-0.25, -0.2) is 0 Å². The van der Waals surface area contributed by atoms with Gasteiger partial charge >= 0.3 is 0 Å². The molecule has 0 atom stereocenters. The van der Waals surface area contributed by atoms with Crippen LogP contribution < -0.4 is 4.72 Å². The van der Waals surface area contributed by atoms with E-state index in [4.69, 9.17) is 0 Å². The Morgan fingerprint density at radius 1 is 1.50 bits per heavy atom. The van der Waals surface area contributed by atoms with Crippen LogP contribution in [0.2, 0.25) is 0 Å². The third kappa shape index (κ3) is 4.24. The van der Waals surface area contributed by atoms with Crippen LogP contribution in [0.4, 0.5) is 3.89 Å². The Bertz CT molecular complexity index is 40.5. The lowest BCUT2D eigenvalue weighted by molar-refractivity contribution is 0.878. The molecule has 0 aromatic carbocycles. The number of hydrogen-bond acceptors (Lipinski definition) is 1. The van der Waals surface area contributed by atoms with Gasteiger partial charge in [-0.2, -0.15) is 3.89 Å². The zero-order valence-electron chi connectivity index (χ0n) is 4.29. The summed E-state index contributed by atoms with van der Waals surface area (Å²) in [6, 6.07) is 0. The third-order valence-electron chi connectivity index (χ3n) is 0.485. The summed E-state index contributed by atoms with van der Waals surface area (Å²) in [6.45, 7) is 0. The van der Waals surface area contributed by atoms with E-state index in [9.17, 15) is 3.89 Å². The van der Waals surface area contributed by atoms with Crippen LogP contribution in [-0.4, -0.2) is 19.6 Å². The molecule has 0 heterocycles. The molecule has 0 radical (unpaired) electrons. The molecule has 1 nitrogen and oxygen atoms in total. The van der Waals surface area contributed by atoms with Gasteiger partial charge in [-0.3, -0.25) is 4.72 Å². The Morgan fingerprint density at radius 2 is 1.67 bits per heavy atom. The van der Waals surface area contributed by atoms with Crippen molar-refractivity contribution in [2.75, 3.05) is 19.6 Å². The van der Waals surface area contributed by atoms with E-state index in [2.05, 4.69) is 4.72 Å². The van der Waals surface area contributed by atoms with Gasteiger partial charge in [-0.15, -0.1) is 0 Å². The first-order chi connectivity index (χ1) is 2.56. The van der Waals surface area contributed by atoms with E-state index in [1.165, 1.54) is 0 Å². The Kier molecular flexibility index (Phi) is 1.87. The second-order valence-corrected chi connectivity index (χ2v) is 4.22. The zero-order valence-corrected chi connectivity index (χ0v) is 5.10. The fourth-order valence-electron chi connectivity index (χ4n) is 0. The Hall–Kier alpha value is 0.240. The number of rotatable bonds is 1. The topological polar surface area (TPSA) is 12.0 Å². The van der Waals surface area contributed by atoms with Crippen molar-refractivity contribution in [2.45, 2.75) is 0 Å². The predicted octanol–water partition coefficient (Wildman–Crippen LogP) is 1.07. The molecule has 3 heteroatoms. The molecule has 0 fully saturated rings. The summed E-state index contributed by atoms with van der Waals surface area (Å²) in [5.41, 5.74) is 0. The van der Waals surface area contributed by atoms with E-state index >= 15 is 0 Å². The fourth-order valence-corrected chi connectivity index (χ4v) is 0. The van der Waals surface area contributed by atoms with Gasteiger partial charge < -0.3 is 0 Å². The highest BCUT2D eigenvalue weighted by atomic mass is 32.3. The maximum absolute atomic E-state index is 12.1. The first-order valence-electron chi connectivity index (χ1n) is 1.67. The van der Waals surface area contributed by atoms with Gasteiger partial charge in [0, 0.05) is 12.5 Å². The van der Waals surface area contributed by atoms with Gasteiger partial charge in [-0.05, 0) is 17.6 Å². The molecule has 0 aliphatic rings. The van der Waals surface area contributed by atoms with Crippen molar-refractivity contribution in [3.63, 3.8) is 0 Å². The molecule has 40 valence electrons. The van der Waals surface area contributed by atoms with Crippen molar-refractivity contribution in [3.05, 3.63) is 0 Å². The Balaban J connectivity index is 3.17. The van der Waals surface area contributed by atoms with Gasteiger partial charge in [0.25, 0.3) is 0 Å². The standard InChI is InChI=1S/C3H10FNS/c1-5-6(2,3)4/h5H,1-3H3. The predicted molar refractivity (Wildman–Crippen MR) is 29.6 cm³/mol. The largest absolute Gasteiger partial charge is 0.260 e. The van der Waals surface area contributed by atoms with Crippen LogP contribution in [0, 0.1) is 0 Å². The zero-order chi connectivity index (χ0) is 5.21. The monoisotopic (exact) mass is 111 g/mol. The van der Waals surface area contributed by atoms with E-state index < -0.39 is 10.6 Å². The molecule has 0 aliphatic carbocycles. The summed E-state index contributed by atoms with van der Waals surface area (Å²) in [4.78, 5) is 0. The lowest BCUT2D eigenvalue weighted by atomic mass is 11.6. The molecule has 0 saturated heterocycles. The molecule has 0 spiro atoms. The summed E-state index contributed by atoms with van der Waals surface area (Å²) in [5.74, 6) is 0. The Morgan fingerprint density at radius 3 is 1.67 bits per heavy atom. The van der Waals surface area contributed by atoms with Crippen molar-refractivity contribution < 1.29 is 3.89 Å². The van der Waals surface area contributed by atoms with Crippen LogP contribution in [0.15, 0.2) is 0 Å². The molecule has 0 bridgehead atoms. The van der Waals surface area contributed by atoms with E-state index in [0.29, 0.717) is 0 Å².